The number of rotatable bonds is 4. The van der Waals surface area contributed by atoms with Crippen LogP contribution < -0.4 is 10.6 Å². The van der Waals surface area contributed by atoms with Gasteiger partial charge >= 0.3 is 0 Å². The van der Waals surface area contributed by atoms with Gasteiger partial charge in [-0.05, 0) is 35.9 Å². The molecule has 0 radical (unpaired) electrons. The van der Waals surface area contributed by atoms with Crippen LogP contribution in [0.2, 0.25) is 0 Å². The molecule has 0 heterocycles. The minimum Gasteiger partial charge on any atom is -0.388 e. The van der Waals surface area contributed by atoms with Crippen molar-refractivity contribution in [2.75, 3.05) is 17.7 Å². The summed E-state index contributed by atoms with van der Waals surface area (Å²) in [6.45, 7) is 0.449. The SMILES string of the molecule is CNc1ccc(CNc2cc(F)ccc2F)cc1. The molecule has 2 aromatic rings. The molecule has 2 aromatic carbocycles. The van der Waals surface area contributed by atoms with E-state index in [0.29, 0.717) is 6.54 Å². The average molecular weight is 248 g/mol. The summed E-state index contributed by atoms with van der Waals surface area (Å²) in [5.74, 6) is -0.910. The highest BCUT2D eigenvalue weighted by Gasteiger charge is 2.03. The standard InChI is InChI=1S/C14H14F2N2/c1-17-12-5-2-10(3-6-12)9-18-14-8-11(15)4-7-13(14)16/h2-8,17-18H,9H2,1H3. The lowest BCUT2D eigenvalue weighted by Gasteiger charge is -2.08. The van der Waals surface area contributed by atoms with Gasteiger partial charge in [0.15, 0.2) is 0 Å². The van der Waals surface area contributed by atoms with Crippen LogP contribution in [0.1, 0.15) is 5.56 Å². The van der Waals surface area contributed by atoms with Crippen molar-refractivity contribution >= 4 is 11.4 Å². The Balaban J connectivity index is 2.04. The maximum atomic E-state index is 13.4. The first kappa shape index (κ1) is 12.4. The zero-order chi connectivity index (χ0) is 13.0. The molecular formula is C14H14F2N2. The fourth-order valence-corrected chi connectivity index (χ4v) is 1.62. The second kappa shape index (κ2) is 5.49. The summed E-state index contributed by atoms with van der Waals surface area (Å²) in [7, 11) is 1.84. The molecule has 0 aromatic heterocycles. The third-order valence-electron chi connectivity index (χ3n) is 2.65. The van der Waals surface area contributed by atoms with Gasteiger partial charge in [0.2, 0.25) is 0 Å². The first-order chi connectivity index (χ1) is 8.69. The minimum atomic E-state index is -0.455. The van der Waals surface area contributed by atoms with Crippen molar-refractivity contribution in [2.24, 2.45) is 0 Å². The van der Waals surface area contributed by atoms with Crippen molar-refractivity contribution in [3.63, 3.8) is 0 Å². The predicted molar refractivity (Wildman–Crippen MR) is 69.7 cm³/mol. The van der Waals surface area contributed by atoms with Crippen LogP contribution in [-0.4, -0.2) is 7.05 Å². The summed E-state index contributed by atoms with van der Waals surface area (Å²) in [6, 6.07) is 11.1. The largest absolute Gasteiger partial charge is 0.388 e. The molecule has 94 valence electrons. The van der Waals surface area contributed by atoms with Crippen LogP contribution in [0.15, 0.2) is 42.5 Å². The van der Waals surface area contributed by atoms with E-state index in [1.165, 1.54) is 0 Å². The van der Waals surface area contributed by atoms with Crippen LogP contribution in [-0.2, 0) is 6.54 Å². The Morgan fingerprint density at radius 3 is 2.39 bits per heavy atom. The molecule has 0 aliphatic rings. The van der Waals surface area contributed by atoms with Gasteiger partial charge in [0.05, 0.1) is 5.69 Å². The lowest BCUT2D eigenvalue weighted by molar-refractivity contribution is 0.602. The van der Waals surface area contributed by atoms with Gasteiger partial charge in [-0.2, -0.15) is 0 Å². The van der Waals surface area contributed by atoms with Crippen molar-refractivity contribution in [3.8, 4) is 0 Å². The number of benzene rings is 2. The highest BCUT2D eigenvalue weighted by molar-refractivity contribution is 5.47. The van der Waals surface area contributed by atoms with Gasteiger partial charge < -0.3 is 10.6 Å². The Kier molecular flexibility index (Phi) is 3.77. The number of hydrogen-bond donors (Lipinski definition) is 2. The predicted octanol–water partition coefficient (Wildman–Crippen LogP) is 3.62. The fourth-order valence-electron chi connectivity index (χ4n) is 1.62. The normalized spacial score (nSPS) is 10.2. The number of nitrogens with one attached hydrogen (secondary N) is 2. The maximum absolute atomic E-state index is 13.4. The second-order valence-corrected chi connectivity index (χ2v) is 3.92. The Hall–Kier alpha value is -2.10. The summed E-state index contributed by atoms with van der Waals surface area (Å²) >= 11 is 0. The molecule has 0 bridgehead atoms. The van der Waals surface area contributed by atoms with Crippen LogP contribution in [0.5, 0.6) is 0 Å². The monoisotopic (exact) mass is 248 g/mol. The molecule has 0 unspecified atom stereocenters. The topological polar surface area (TPSA) is 24.1 Å². The summed E-state index contributed by atoms with van der Waals surface area (Å²) in [5, 5.41) is 5.89. The van der Waals surface area contributed by atoms with E-state index >= 15 is 0 Å². The van der Waals surface area contributed by atoms with Crippen molar-refractivity contribution in [1.29, 1.82) is 0 Å². The molecule has 2 rings (SSSR count). The van der Waals surface area contributed by atoms with Crippen LogP contribution in [0, 0.1) is 11.6 Å². The zero-order valence-corrected chi connectivity index (χ0v) is 10.0. The molecule has 0 aliphatic heterocycles. The number of hydrogen-bond acceptors (Lipinski definition) is 2. The zero-order valence-electron chi connectivity index (χ0n) is 10.0. The molecule has 0 amide bonds. The van der Waals surface area contributed by atoms with Crippen LogP contribution >= 0.6 is 0 Å². The van der Waals surface area contributed by atoms with E-state index in [9.17, 15) is 8.78 Å². The Morgan fingerprint density at radius 2 is 1.72 bits per heavy atom. The van der Waals surface area contributed by atoms with E-state index in [1.54, 1.807) is 0 Å². The first-order valence-corrected chi connectivity index (χ1v) is 5.64. The van der Waals surface area contributed by atoms with Crippen molar-refractivity contribution < 1.29 is 8.78 Å². The van der Waals surface area contributed by atoms with Gasteiger partial charge in [-0.15, -0.1) is 0 Å². The van der Waals surface area contributed by atoms with Gasteiger partial charge in [0.1, 0.15) is 11.6 Å². The number of anilines is 2. The maximum Gasteiger partial charge on any atom is 0.146 e. The van der Waals surface area contributed by atoms with Crippen LogP contribution in [0.4, 0.5) is 20.2 Å². The van der Waals surface area contributed by atoms with E-state index in [2.05, 4.69) is 10.6 Å². The van der Waals surface area contributed by atoms with Crippen LogP contribution in [0.3, 0.4) is 0 Å². The van der Waals surface area contributed by atoms with Gasteiger partial charge in [-0.1, -0.05) is 12.1 Å². The molecule has 4 heteroatoms. The molecule has 2 nitrogen and oxygen atoms in total. The molecule has 0 aliphatic carbocycles. The fraction of sp³-hybridized carbons (Fsp3) is 0.143. The Labute approximate surface area is 105 Å². The highest BCUT2D eigenvalue weighted by atomic mass is 19.1. The summed E-state index contributed by atoms with van der Waals surface area (Å²) in [5.41, 5.74) is 2.18. The molecule has 0 saturated heterocycles. The smallest absolute Gasteiger partial charge is 0.146 e. The van der Waals surface area contributed by atoms with E-state index in [0.717, 1.165) is 29.4 Å². The lowest BCUT2D eigenvalue weighted by atomic mass is 10.2. The van der Waals surface area contributed by atoms with Gasteiger partial charge in [0, 0.05) is 19.3 Å². The number of halogens is 2. The van der Waals surface area contributed by atoms with Gasteiger partial charge in [-0.3, -0.25) is 0 Å². The van der Waals surface area contributed by atoms with E-state index < -0.39 is 11.6 Å². The summed E-state index contributed by atoms with van der Waals surface area (Å²) in [6.07, 6.45) is 0. The Morgan fingerprint density at radius 1 is 1.00 bits per heavy atom. The molecule has 0 fully saturated rings. The van der Waals surface area contributed by atoms with Crippen molar-refractivity contribution in [1.82, 2.24) is 0 Å². The van der Waals surface area contributed by atoms with Crippen LogP contribution in [0.25, 0.3) is 0 Å². The molecule has 0 saturated carbocycles. The average Bonchev–Trinajstić information content (AvgIpc) is 2.40. The van der Waals surface area contributed by atoms with E-state index in [-0.39, 0.29) is 5.69 Å². The molecule has 0 atom stereocenters. The summed E-state index contributed by atoms with van der Waals surface area (Å²) < 4.78 is 26.3. The van der Waals surface area contributed by atoms with Gasteiger partial charge in [-0.25, -0.2) is 8.78 Å². The van der Waals surface area contributed by atoms with Crippen molar-refractivity contribution in [2.45, 2.75) is 6.54 Å². The lowest BCUT2D eigenvalue weighted by Crippen LogP contribution is -2.02. The molecular weight excluding hydrogens is 234 g/mol. The van der Waals surface area contributed by atoms with Crippen molar-refractivity contribution in [3.05, 3.63) is 59.7 Å². The summed E-state index contributed by atoms with van der Waals surface area (Å²) in [4.78, 5) is 0. The highest BCUT2D eigenvalue weighted by Crippen LogP contribution is 2.17. The van der Waals surface area contributed by atoms with E-state index in [4.69, 9.17) is 0 Å². The Bertz CT molecular complexity index is 524. The third kappa shape index (κ3) is 2.97. The van der Waals surface area contributed by atoms with E-state index in [1.807, 2.05) is 31.3 Å². The third-order valence-corrected chi connectivity index (χ3v) is 2.65. The van der Waals surface area contributed by atoms with Gasteiger partial charge in [0.25, 0.3) is 0 Å². The second-order valence-electron chi connectivity index (χ2n) is 3.92. The quantitative estimate of drug-likeness (QED) is 0.863. The molecule has 18 heavy (non-hydrogen) atoms. The minimum absolute atomic E-state index is 0.174. The molecule has 2 N–H and O–H groups in total. The first-order valence-electron chi connectivity index (χ1n) is 5.64. The molecule has 0 spiro atoms.